The van der Waals surface area contributed by atoms with Crippen LogP contribution in [0.3, 0.4) is 0 Å². The SMILES string of the molecule is Cc1nc(NCC(C)(C)CC(C)(C)C(=O)NO)cc(Nc2ncc(C(=O)Nc3c(C)cccc3Cl)s2)n1. The van der Waals surface area contributed by atoms with E-state index < -0.39 is 11.3 Å². The van der Waals surface area contributed by atoms with Gasteiger partial charge in [0.2, 0.25) is 5.91 Å². The molecule has 0 fully saturated rings. The highest BCUT2D eigenvalue weighted by atomic mass is 35.5. The van der Waals surface area contributed by atoms with Crippen LogP contribution in [0.5, 0.6) is 0 Å². The van der Waals surface area contributed by atoms with Gasteiger partial charge in [0.15, 0.2) is 5.13 Å². The van der Waals surface area contributed by atoms with Crippen LogP contribution in [-0.2, 0) is 4.79 Å². The number of hydroxylamine groups is 1. The van der Waals surface area contributed by atoms with Gasteiger partial charge in [0.1, 0.15) is 22.3 Å². The van der Waals surface area contributed by atoms with Crippen molar-refractivity contribution < 1.29 is 14.8 Å². The molecule has 0 aliphatic rings. The van der Waals surface area contributed by atoms with Crippen molar-refractivity contribution in [2.75, 3.05) is 22.5 Å². The lowest BCUT2D eigenvalue weighted by molar-refractivity contribution is -0.139. The van der Waals surface area contributed by atoms with Gasteiger partial charge < -0.3 is 16.0 Å². The molecular weight excluding hydrogens is 514 g/mol. The number of aryl methyl sites for hydroxylation is 2. The van der Waals surface area contributed by atoms with Crippen LogP contribution >= 0.6 is 22.9 Å². The average molecular weight is 546 g/mol. The molecule has 1 aromatic carbocycles. The van der Waals surface area contributed by atoms with Gasteiger partial charge in [-0.05, 0) is 37.3 Å². The van der Waals surface area contributed by atoms with E-state index in [1.54, 1.807) is 38.4 Å². The Morgan fingerprint density at radius 1 is 1.11 bits per heavy atom. The summed E-state index contributed by atoms with van der Waals surface area (Å²) in [4.78, 5) is 38.3. The summed E-state index contributed by atoms with van der Waals surface area (Å²) in [6, 6.07) is 7.17. The topological polar surface area (TPSA) is 141 Å². The molecule has 0 bridgehead atoms. The predicted octanol–water partition coefficient (Wildman–Crippen LogP) is 5.56. The summed E-state index contributed by atoms with van der Waals surface area (Å²) in [6.07, 6.45) is 2.03. The van der Waals surface area contributed by atoms with Crippen molar-refractivity contribution in [1.29, 1.82) is 0 Å². The number of nitrogens with one attached hydrogen (secondary N) is 4. The Morgan fingerprint density at radius 3 is 2.49 bits per heavy atom. The van der Waals surface area contributed by atoms with E-state index in [0.29, 0.717) is 51.1 Å². The van der Waals surface area contributed by atoms with Gasteiger partial charge in [0.25, 0.3) is 5.91 Å². The first-order chi connectivity index (χ1) is 17.3. The number of nitrogens with zero attached hydrogens (tertiary/aromatic N) is 3. The van der Waals surface area contributed by atoms with Gasteiger partial charge in [-0.1, -0.05) is 62.8 Å². The first-order valence-electron chi connectivity index (χ1n) is 11.6. The Labute approximate surface area is 225 Å². The Bertz CT molecular complexity index is 1270. The van der Waals surface area contributed by atoms with Gasteiger partial charge in [-0.15, -0.1) is 0 Å². The van der Waals surface area contributed by atoms with E-state index >= 15 is 0 Å². The summed E-state index contributed by atoms with van der Waals surface area (Å²) < 4.78 is 0. The third-order valence-corrected chi connectivity index (χ3v) is 6.87. The maximum atomic E-state index is 12.7. The minimum atomic E-state index is -0.742. The zero-order chi connectivity index (χ0) is 27.4. The first-order valence-corrected chi connectivity index (χ1v) is 12.8. The first kappa shape index (κ1) is 28.3. The Morgan fingerprint density at radius 2 is 1.81 bits per heavy atom. The number of aromatic nitrogens is 3. The lowest BCUT2D eigenvalue weighted by Gasteiger charge is -2.33. The van der Waals surface area contributed by atoms with Crippen molar-refractivity contribution in [2.24, 2.45) is 10.8 Å². The smallest absolute Gasteiger partial charge is 0.267 e. The van der Waals surface area contributed by atoms with E-state index in [1.807, 2.05) is 32.9 Å². The molecule has 2 amide bonds. The molecule has 0 saturated carbocycles. The molecule has 2 aromatic heterocycles. The van der Waals surface area contributed by atoms with Crippen LogP contribution in [0.2, 0.25) is 5.02 Å². The van der Waals surface area contributed by atoms with Gasteiger partial charge in [0.05, 0.1) is 16.9 Å². The molecule has 198 valence electrons. The van der Waals surface area contributed by atoms with Crippen LogP contribution in [-0.4, -0.2) is 38.5 Å². The van der Waals surface area contributed by atoms with Gasteiger partial charge in [-0.25, -0.2) is 20.4 Å². The second-order valence-electron chi connectivity index (χ2n) is 10.2. The van der Waals surface area contributed by atoms with Crippen molar-refractivity contribution in [1.82, 2.24) is 20.4 Å². The van der Waals surface area contributed by atoms with Crippen molar-refractivity contribution in [3.05, 3.63) is 51.7 Å². The van der Waals surface area contributed by atoms with Crippen LogP contribution in [0.25, 0.3) is 0 Å². The molecule has 5 N–H and O–H groups in total. The highest BCUT2D eigenvalue weighted by Gasteiger charge is 2.34. The summed E-state index contributed by atoms with van der Waals surface area (Å²) in [5.41, 5.74) is 2.16. The number of carbonyl (C=O) groups excluding carboxylic acids is 2. The number of amides is 2. The summed E-state index contributed by atoms with van der Waals surface area (Å²) in [7, 11) is 0. The van der Waals surface area contributed by atoms with Crippen molar-refractivity contribution in [3.63, 3.8) is 0 Å². The predicted molar refractivity (Wildman–Crippen MR) is 147 cm³/mol. The zero-order valence-corrected chi connectivity index (χ0v) is 23.3. The van der Waals surface area contributed by atoms with E-state index in [1.165, 1.54) is 17.5 Å². The number of thiazole rings is 1. The molecule has 10 nitrogen and oxygen atoms in total. The Balaban J connectivity index is 1.66. The second-order valence-corrected chi connectivity index (χ2v) is 11.7. The molecule has 0 saturated heterocycles. The molecule has 12 heteroatoms. The second kappa shape index (κ2) is 11.4. The number of halogens is 1. The standard InChI is InChI=1S/C25H32ClN7O3S/c1-14-8-7-9-16(26)20(14)32-21(34)17-11-27-23(37-17)31-19-10-18(29-15(2)30-19)28-13-24(3,4)12-25(5,6)22(35)33-36/h7-11,36H,12-13H2,1-6H3,(H,32,34)(H,33,35)(H2,27,28,29,30,31). The van der Waals surface area contributed by atoms with Crippen molar-refractivity contribution in [2.45, 2.75) is 48.0 Å². The average Bonchev–Trinajstić information content (AvgIpc) is 3.27. The van der Waals surface area contributed by atoms with Crippen LogP contribution in [0.15, 0.2) is 30.5 Å². The van der Waals surface area contributed by atoms with Gasteiger partial charge in [-0.3, -0.25) is 14.8 Å². The van der Waals surface area contributed by atoms with E-state index in [4.69, 9.17) is 16.8 Å². The number of hydrogen-bond donors (Lipinski definition) is 5. The number of hydrogen-bond acceptors (Lipinski definition) is 9. The Hall–Kier alpha value is -3.28. The quantitative estimate of drug-likeness (QED) is 0.165. The van der Waals surface area contributed by atoms with Crippen LogP contribution in [0, 0.1) is 24.7 Å². The molecule has 0 radical (unpaired) electrons. The molecule has 0 aliphatic carbocycles. The fourth-order valence-corrected chi connectivity index (χ4v) is 5.04. The zero-order valence-electron chi connectivity index (χ0n) is 21.7. The normalized spacial score (nSPS) is 11.7. The maximum Gasteiger partial charge on any atom is 0.267 e. The van der Waals surface area contributed by atoms with E-state index in [0.717, 1.165) is 5.56 Å². The third kappa shape index (κ3) is 7.61. The van der Waals surface area contributed by atoms with Crippen LogP contribution in [0.4, 0.5) is 22.5 Å². The summed E-state index contributed by atoms with van der Waals surface area (Å²) in [5, 5.41) is 19.3. The van der Waals surface area contributed by atoms with Gasteiger partial charge in [0, 0.05) is 18.0 Å². The number of rotatable bonds is 10. The van der Waals surface area contributed by atoms with Gasteiger partial charge >= 0.3 is 0 Å². The molecule has 3 rings (SSSR count). The monoisotopic (exact) mass is 545 g/mol. The van der Waals surface area contributed by atoms with Crippen LogP contribution < -0.4 is 21.4 Å². The molecule has 3 aromatic rings. The van der Waals surface area contributed by atoms with E-state index in [9.17, 15) is 9.59 Å². The number of carbonyl (C=O) groups is 2. The highest BCUT2D eigenvalue weighted by molar-refractivity contribution is 7.17. The van der Waals surface area contributed by atoms with Crippen molar-refractivity contribution in [3.8, 4) is 0 Å². The number of para-hydroxylation sites is 1. The summed E-state index contributed by atoms with van der Waals surface area (Å²) in [5.74, 6) is 0.952. The molecule has 37 heavy (non-hydrogen) atoms. The minimum absolute atomic E-state index is 0.278. The highest BCUT2D eigenvalue weighted by Crippen LogP contribution is 2.34. The molecular formula is C25H32ClN7O3S. The van der Waals surface area contributed by atoms with Crippen molar-refractivity contribution >= 4 is 57.2 Å². The third-order valence-electron chi connectivity index (χ3n) is 5.65. The maximum absolute atomic E-state index is 12.7. The largest absolute Gasteiger partial charge is 0.369 e. The fourth-order valence-electron chi connectivity index (χ4n) is 4.05. The molecule has 0 unspecified atom stereocenters. The molecule has 0 spiro atoms. The van der Waals surface area contributed by atoms with Gasteiger partial charge in [-0.2, -0.15) is 0 Å². The number of benzene rings is 1. The fraction of sp³-hybridized carbons (Fsp3) is 0.400. The molecule has 0 aliphatic heterocycles. The lowest BCUT2D eigenvalue weighted by atomic mass is 9.74. The summed E-state index contributed by atoms with van der Waals surface area (Å²) >= 11 is 7.41. The molecule has 2 heterocycles. The molecule has 0 atom stereocenters. The Kier molecular flexibility index (Phi) is 8.72. The van der Waals surface area contributed by atoms with E-state index in [-0.39, 0.29) is 11.3 Å². The summed E-state index contributed by atoms with van der Waals surface area (Å²) in [6.45, 7) is 11.8. The lowest BCUT2D eigenvalue weighted by Crippen LogP contribution is -2.40. The number of anilines is 4. The van der Waals surface area contributed by atoms with E-state index in [2.05, 4.69) is 30.9 Å². The van der Waals surface area contributed by atoms with Crippen LogP contribution in [0.1, 0.15) is 55.2 Å². The minimum Gasteiger partial charge on any atom is -0.369 e.